The lowest BCUT2D eigenvalue weighted by Crippen LogP contribution is -2.45. The van der Waals surface area contributed by atoms with Crippen molar-refractivity contribution in [3.63, 3.8) is 0 Å². The van der Waals surface area contributed by atoms with Crippen molar-refractivity contribution in [3.05, 3.63) is 65.2 Å². The number of hydrogen-bond acceptors (Lipinski definition) is 8. The number of anilines is 1. The standard InChI is InChI=1S/C34H46N4O6S/c1-22-10-8-11-23(2)30(22)28-17-29(37-32(36-28)38-45(41,42)27-13-9-12-24(16-27)31(39)40)44-21-25(18-33(3,4)5)35-20-26-19-34(6,7)14-15-43-26/h8-13,16-17,25-26,35H,14-15,18-21H2,1-7H3,(H,39,40)(H,36,37,38)/t25-,26?/m1/s1. The number of nitrogens with zero attached hydrogens (tertiary/aromatic N) is 2. The first kappa shape index (κ1) is 34.3. The molecule has 1 unspecified atom stereocenters. The van der Waals surface area contributed by atoms with Gasteiger partial charge in [0, 0.05) is 30.8 Å². The zero-order chi connectivity index (χ0) is 33.0. The summed E-state index contributed by atoms with van der Waals surface area (Å²) in [7, 11) is -4.21. The number of aromatic nitrogens is 2. The highest BCUT2D eigenvalue weighted by Crippen LogP contribution is 2.33. The van der Waals surface area contributed by atoms with Crippen LogP contribution in [-0.2, 0) is 14.8 Å². The molecule has 0 spiro atoms. The van der Waals surface area contributed by atoms with Crippen LogP contribution in [-0.4, -0.2) is 61.4 Å². The van der Waals surface area contributed by atoms with E-state index in [1.54, 1.807) is 6.07 Å². The number of rotatable bonds is 12. The van der Waals surface area contributed by atoms with Gasteiger partial charge in [-0.15, -0.1) is 0 Å². The maximum absolute atomic E-state index is 13.3. The van der Waals surface area contributed by atoms with Crippen LogP contribution in [0.4, 0.5) is 5.95 Å². The van der Waals surface area contributed by atoms with Crippen molar-refractivity contribution in [1.82, 2.24) is 15.3 Å². The van der Waals surface area contributed by atoms with Crippen LogP contribution in [0.3, 0.4) is 0 Å². The predicted molar refractivity (Wildman–Crippen MR) is 175 cm³/mol. The highest BCUT2D eigenvalue weighted by Gasteiger charge is 2.30. The maximum atomic E-state index is 13.3. The summed E-state index contributed by atoms with van der Waals surface area (Å²) in [6, 6.07) is 12.7. The van der Waals surface area contributed by atoms with Crippen LogP contribution in [0.2, 0.25) is 0 Å². The smallest absolute Gasteiger partial charge is 0.335 e. The molecule has 1 saturated heterocycles. The second kappa shape index (κ2) is 13.8. The zero-order valence-electron chi connectivity index (χ0n) is 27.3. The van der Waals surface area contributed by atoms with Crippen LogP contribution in [0.15, 0.2) is 53.4 Å². The number of ether oxygens (including phenoxy) is 2. The third-order valence-electron chi connectivity index (χ3n) is 7.89. The summed E-state index contributed by atoms with van der Waals surface area (Å²) in [5.74, 6) is -1.19. The second-order valence-corrected chi connectivity index (χ2v) is 15.6. The van der Waals surface area contributed by atoms with Crippen LogP contribution >= 0.6 is 0 Å². The number of carboxylic acid groups (broad SMARTS) is 1. The summed E-state index contributed by atoms with van der Waals surface area (Å²) in [6.45, 7) is 16.8. The van der Waals surface area contributed by atoms with Gasteiger partial charge >= 0.3 is 5.97 Å². The van der Waals surface area contributed by atoms with E-state index in [0.717, 1.165) is 48.6 Å². The lowest BCUT2D eigenvalue weighted by atomic mass is 9.81. The fourth-order valence-electron chi connectivity index (χ4n) is 5.69. The first-order chi connectivity index (χ1) is 21.0. The van der Waals surface area contributed by atoms with Gasteiger partial charge in [-0.1, -0.05) is 58.9 Å². The van der Waals surface area contributed by atoms with Crippen LogP contribution in [0.1, 0.15) is 75.4 Å². The van der Waals surface area contributed by atoms with Gasteiger partial charge in [-0.05, 0) is 73.3 Å². The third kappa shape index (κ3) is 9.72. The molecule has 0 aliphatic carbocycles. The van der Waals surface area contributed by atoms with Crippen molar-refractivity contribution in [1.29, 1.82) is 0 Å². The van der Waals surface area contributed by atoms with Crippen LogP contribution in [0, 0.1) is 24.7 Å². The molecule has 1 aromatic heterocycles. The van der Waals surface area contributed by atoms with Gasteiger partial charge in [-0.3, -0.25) is 0 Å². The zero-order valence-corrected chi connectivity index (χ0v) is 28.1. The van der Waals surface area contributed by atoms with Gasteiger partial charge in [0.15, 0.2) is 0 Å². The Hall–Kier alpha value is -3.54. The number of carbonyl (C=O) groups is 1. The predicted octanol–water partition coefficient (Wildman–Crippen LogP) is 6.24. The van der Waals surface area contributed by atoms with Crippen LogP contribution in [0.5, 0.6) is 5.88 Å². The molecule has 4 rings (SSSR count). The molecule has 0 bridgehead atoms. The van der Waals surface area contributed by atoms with E-state index in [-0.39, 0.29) is 45.3 Å². The first-order valence-electron chi connectivity index (χ1n) is 15.3. The minimum Gasteiger partial charge on any atom is -0.478 e. The molecule has 11 heteroatoms. The molecular formula is C34H46N4O6S. The van der Waals surface area contributed by atoms with Crippen molar-refractivity contribution >= 4 is 21.9 Å². The Morgan fingerprint density at radius 3 is 2.44 bits per heavy atom. The molecule has 3 N–H and O–H groups in total. The lowest BCUT2D eigenvalue weighted by Gasteiger charge is -2.36. The second-order valence-electron chi connectivity index (χ2n) is 13.9. The van der Waals surface area contributed by atoms with Gasteiger partial charge in [-0.25, -0.2) is 22.9 Å². The van der Waals surface area contributed by atoms with Gasteiger partial charge in [-0.2, -0.15) is 4.98 Å². The van der Waals surface area contributed by atoms with E-state index in [2.05, 4.69) is 54.6 Å². The summed E-state index contributed by atoms with van der Waals surface area (Å²) >= 11 is 0. The highest BCUT2D eigenvalue weighted by molar-refractivity contribution is 7.92. The van der Waals surface area contributed by atoms with E-state index in [1.807, 2.05) is 32.0 Å². The Morgan fingerprint density at radius 1 is 1.11 bits per heavy atom. The van der Waals surface area contributed by atoms with Crippen molar-refractivity contribution in [3.8, 4) is 17.1 Å². The largest absolute Gasteiger partial charge is 0.478 e. The maximum Gasteiger partial charge on any atom is 0.335 e. The SMILES string of the molecule is Cc1cccc(C)c1-c1cc(OC[C@@H](CC(C)(C)C)NCC2CC(C)(C)CCO2)nc(NS(=O)(=O)c2cccc(C(=O)O)c2)n1. The fourth-order valence-corrected chi connectivity index (χ4v) is 6.68. The summed E-state index contributed by atoms with van der Waals surface area (Å²) in [5.41, 5.74) is 3.39. The van der Waals surface area contributed by atoms with Crippen molar-refractivity contribution in [2.75, 3.05) is 24.5 Å². The van der Waals surface area contributed by atoms with Gasteiger partial charge < -0.3 is 19.9 Å². The third-order valence-corrected chi connectivity index (χ3v) is 9.22. The Morgan fingerprint density at radius 2 is 1.80 bits per heavy atom. The number of sulfonamides is 1. The molecule has 0 saturated carbocycles. The number of carboxylic acids is 1. The number of aromatic carboxylic acids is 1. The monoisotopic (exact) mass is 638 g/mol. The molecule has 1 fully saturated rings. The Labute approximate surface area is 267 Å². The summed E-state index contributed by atoms with van der Waals surface area (Å²) in [6.07, 6.45) is 2.97. The van der Waals surface area contributed by atoms with Gasteiger partial charge in [0.05, 0.1) is 22.3 Å². The number of nitrogens with one attached hydrogen (secondary N) is 2. The summed E-state index contributed by atoms with van der Waals surface area (Å²) in [5, 5.41) is 13.0. The topological polar surface area (TPSA) is 140 Å². The molecule has 10 nitrogen and oxygen atoms in total. The first-order valence-corrected chi connectivity index (χ1v) is 16.8. The average Bonchev–Trinajstić information content (AvgIpc) is 2.93. The minimum atomic E-state index is -4.21. The Balaban J connectivity index is 1.62. The summed E-state index contributed by atoms with van der Waals surface area (Å²) < 4.78 is 41.4. The van der Waals surface area contributed by atoms with E-state index in [4.69, 9.17) is 9.47 Å². The minimum absolute atomic E-state index is 0.0175. The van der Waals surface area contributed by atoms with E-state index in [9.17, 15) is 18.3 Å². The quantitative estimate of drug-likeness (QED) is 0.210. The molecule has 244 valence electrons. The average molecular weight is 639 g/mol. The van der Waals surface area contributed by atoms with Gasteiger partial charge in [0.25, 0.3) is 10.0 Å². The summed E-state index contributed by atoms with van der Waals surface area (Å²) in [4.78, 5) is 20.2. The Kier molecular flexibility index (Phi) is 10.6. The molecule has 45 heavy (non-hydrogen) atoms. The molecular weight excluding hydrogens is 592 g/mol. The van der Waals surface area contributed by atoms with Gasteiger partial charge in [0.2, 0.25) is 11.8 Å². The molecule has 3 aromatic rings. The lowest BCUT2D eigenvalue weighted by molar-refractivity contribution is -0.0363. The number of hydrogen-bond donors (Lipinski definition) is 3. The van der Waals surface area contributed by atoms with Gasteiger partial charge in [0.1, 0.15) is 6.61 Å². The molecule has 2 heterocycles. The number of aryl methyl sites for hydroxylation is 2. The van der Waals surface area contributed by atoms with E-state index in [0.29, 0.717) is 18.8 Å². The fraction of sp³-hybridized carbons (Fsp3) is 0.500. The van der Waals surface area contributed by atoms with E-state index in [1.165, 1.54) is 18.2 Å². The van der Waals surface area contributed by atoms with Crippen LogP contribution < -0.4 is 14.8 Å². The molecule has 0 amide bonds. The molecule has 1 aliphatic rings. The van der Waals surface area contributed by atoms with Crippen molar-refractivity contribution in [2.45, 2.75) is 84.8 Å². The normalized spacial score (nSPS) is 17.4. The highest BCUT2D eigenvalue weighted by atomic mass is 32.2. The molecule has 2 aromatic carbocycles. The van der Waals surface area contributed by atoms with E-state index < -0.39 is 16.0 Å². The van der Waals surface area contributed by atoms with Crippen molar-refractivity contribution < 1.29 is 27.8 Å². The molecule has 1 aliphatic heterocycles. The van der Waals surface area contributed by atoms with Crippen molar-refractivity contribution in [2.24, 2.45) is 10.8 Å². The molecule has 2 atom stereocenters. The van der Waals surface area contributed by atoms with Crippen LogP contribution in [0.25, 0.3) is 11.3 Å². The van der Waals surface area contributed by atoms with E-state index >= 15 is 0 Å². The Bertz CT molecular complexity index is 1600. The number of benzene rings is 2. The molecule has 0 radical (unpaired) electrons.